The highest BCUT2D eigenvalue weighted by molar-refractivity contribution is 7.80. The number of alkyl halides is 2. The lowest BCUT2D eigenvalue weighted by Crippen LogP contribution is -2.06. The number of hydrogen-bond donors (Lipinski definition) is 1. The van der Waals surface area contributed by atoms with Gasteiger partial charge in [0, 0.05) is 0 Å². The van der Waals surface area contributed by atoms with Gasteiger partial charge in [-0.05, 0) is 24.5 Å². The van der Waals surface area contributed by atoms with Crippen molar-refractivity contribution in [2.45, 2.75) is 25.2 Å². The fourth-order valence-corrected chi connectivity index (χ4v) is 1.48. The summed E-state index contributed by atoms with van der Waals surface area (Å²) in [4.78, 5) is 0. The molecule has 1 saturated carbocycles. The van der Waals surface area contributed by atoms with Crippen LogP contribution in [-0.4, -0.2) is 18.1 Å². The zero-order valence-corrected chi connectivity index (χ0v) is 5.95. The van der Waals surface area contributed by atoms with Crippen LogP contribution in [0.5, 0.6) is 0 Å². The monoisotopic (exact) mass is 152 g/mol. The van der Waals surface area contributed by atoms with E-state index in [-0.39, 0.29) is 5.92 Å². The highest BCUT2D eigenvalue weighted by Gasteiger charge is 2.33. The predicted molar refractivity (Wildman–Crippen MR) is 36.4 cm³/mol. The molecule has 0 nitrogen and oxygen atoms in total. The molecule has 0 radical (unpaired) electrons. The summed E-state index contributed by atoms with van der Waals surface area (Å²) in [6.07, 6.45) is -1.71. The first-order valence-electron chi connectivity index (χ1n) is 3.13. The molecule has 1 aliphatic carbocycles. The lowest BCUT2D eigenvalue weighted by molar-refractivity contribution is 0.199. The van der Waals surface area contributed by atoms with Crippen molar-refractivity contribution in [3.8, 4) is 0 Å². The second kappa shape index (κ2) is 2.86. The summed E-state index contributed by atoms with van der Waals surface area (Å²) in [5.41, 5.74) is 0. The largest absolute Gasteiger partial charge is 0.244 e. The van der Waals surface area contributed by atoms with Gasteiger partial charge in [-0.3, -0.25) is 0 Å². The van der Waals surface area contributed by atoms with Crippen molar-refractivity contribution in [2.75, 3.05) is 5.75 Å². The first-order valence-corrected chi connectivity index (χ1v) is 3.76. The third kappa shape index (κ3) is 1.57. The average Bonchev–Trinajstić information content (AvgIpc) is 2.13. The Morgan fingerprint density at radius 1 is 1.22 bits per heavy atom. The Labute approximate surface area is 59.0 Å². The lowest BCUT2D eigenvalue weighted by Gasteiger charge is -1.99. The fraction of sp³-hybridized carbons (Fsp3) is 1.00. The summed E-state index contributed by atoms with van der Waals surface area (Å²) < 4.78 is 24.7. The average molecular weight is 152 g/mol. The summed E-state index contributed by atoms with van der Waals surface area (Å²) in [7, 11) is 0. The summed E-state index contributed by atoms with van der Waals surface area (Å²) >= 11 is 3.96. The molecule has 2 unspecified atom stereocenters. The molecule has 54 valence electrons. The second-order valence-corrected chi connectivity index (χ2v) is 2.92. The van der Waals surface area contributed by atoms with Crippen LogP contribution < -0.4 is 0 Å². The predicted octanol–water partition coefficient (Wildman–Crippen LogP) is 2.00. The summed E-state index contributed by atoms with van der Waals surface area (Å²) in [6.45, 7) is 0. The molecule has 3 heteroatoms. The van der Waals surface area contributed by atoms with Crippen molar-refractivity contribution >= 4 is 12.6 Å². The van der Waals surface area contributed by atoms with Gasteiger partial charge in [-0.15, -0.1) is 0 Å². The molecule has 0 aromatic carbocycles. The van der Waals surface area contributed by atoms with Crippen LogP contribution in [0.25, 0.3) is 0 Å². The number of thiol groups is 1. The van der Waals surface area contributed by atoms with Gasteiger partial charge in [-0.2, -0.15) is 12.6 Å². The van der Waals surface area contributed by atoms with Crippen LogP contribution in [0.2, 0.25) is 0 Å². The van der Waals surface area contributed by atoms with E-state index in [1.54, 1.807) is 0 Å². The van der Waals surface area contributed by atoms with Gasteiger partial charge in [0.25, 0.3) is 0 Å². The van der Waals surface area contributed by atoms with Crippen molar-refractivity contribution in [1.29, 1.82) is 0 Å². The molecule has 1 aliphatic rings. The van der Waals surface area contributed by atoms with Gasteiger partial charge in [0.05, 0.1) is 0 Å². The molecule has 1 rings (SSSR count). The van der Waals surface area contributed by atoms with E-state index < -0.39 is 12.3 Å². The smallest absolute Gasteiger partial charge is 0.131 e. The van der Waals surface area contributed by atoms with Gasteiger partial charge in [0.1, 0.15) is 12.3 Å². The molecule has 0 saturated heterocycles. The standard InChI is InChI=1S/C6H10F2S/c7-5-1-4(3-9)2-6(5)8/h4-6,9H,1-3H2. The molecule has 0 heterocycles. The molecular weight excluding hydrogens is 142 g/mol. The third-order valence-corrected chi connectivity index (χ3v) is 2.28. The maximum atomic E-state index is 12.3. The fourth-order valence-electron chi connectivity index (χ4n) is 1.18. The van der Waals surface area contributed by atoms with Gasteiger partial charge in [-0.1, -0.05) is 0 Å². The van der Waals surface area contributed by atoms with Crippen molar-refractivity contribution < 1.29 is 8.78 Å². The number of rotatable bonds is 1. The highest BCUT2D eigenvalue weighted by atomic mass is 32.1. The SMILES string of the molecule is FC1CC(CS)CC1F. The van der Waals surface area contributed by atoms with Crippen LogP contribution in [0.3, 0.4) is 0 Å². The van der Waals surface area contributed by atoms with Crippen LogP contribution in [0.4, 0.5) is 8.78 Å². The number of hydrogen-bond acceptors (Lipinski definition) is 1. The normalized spacial score (nSPS) is 43.7. The van der Waals surface area contributed by atoms with E-state index in [2.05, 4.69) is 12.6 Å². The van der Waals surface area contributed by atoms with Crippen LogP contribution in [0, 0.1) is 5.92 Å². The molecule has 0 aliphatic heterocycles. The van der Waals surface area contributed by atoms with Gasteiger partial charge in [0.2, 0.25) is 0 Å². The zero-order chi connectivity index (χ0) is 6.85. The molecule has 0 aromatic rings. The maximum absolute atomic E-state index is 12.3. The molecule has 0 aromatic heterocycles. The van der Waals surface area contributed by atoms with Gasteiger partial charge in [-0.25, -0.2) is 8.78 Å². The minimum Gasteiger partial charge on any atom is -0.244 e. The Hall–Kier alpha value is 0.210. The zero-order valence-electron chi connectivity index (χ0n) is 5.06. The maximum Gasteiger partial charge on any atom is 0.131 e. The van der Waals surface area contributed by atoms with E-state index in [1.807, 2.05) is 0 Å². The topological polar surface area (TPSA) is 0 Å². The van der Waals surface area contributed by atoms with E-state index in [4.69, 9.17) is 0 Å². The Morgan fingerprint density at radius 3 is 1.89 bits per heavy atom. The minimum absolute atomic E-state index is 0.165. The van der Waals surface area contributed by atoms with Crippen LogP contribution >= 0.6 is 12.6 Å². The molecule has 0 N–H and O–H groups in total. The van der Waals surface area contributed by atoms with E-state index in [9.17, 15) is 8.78 Å². The lowest BCUT2D eigenvalue weighted by atomic mass is 10.1. The Kier molecular flexibility index (Phi) is 2.33. The van der Waals surface area contributed by atoms with Crippen molar-refractivity contribution in [1.82, 2.24) is 0 Å². The van der Waals surface area contributed by atoms with Gasteiger partial charge < -0.3 is 0 Å². The third-order valence-electron chi connectivity index (χ3n) is 1.77. The van der Waals surface area contributed by atoms with Crippen LogP contribution in [-0.2, 0) is 0 Å². The van der Waals surface area contributed by atoms with Gasteiger partial charge >= 0.3 is 0 Å². The van der Waals surface area contributed by atoms with Crippen LogP contribution in [0.15, 0.2) is 0 Å². The van der Waals surface area contributed by atoms with E-state index in [0.29, 0.717) is 18.6 Å². The Balaban J connectivity index is 2.35. The van der Waals surface area contributed by atoms with E-state index in [1.165, 1.54) is 0 Å². The molecule has 0 bridgehead atoms. The summed E-state index contributed by atoms with van der Waals surface area (Å²) in [5, 5.41) is 0. The molecular formula is C6H10F2S. The molecule has 0 spiro atoms. The van der Waals surface area contributed by atoms with E-state index in [0.717, 1.165) is 0 Å². The minimum atomic E-state index is -1.22. The van der Waals surface area contributed by atoms with Crippen molar-refractivity contribution in [2.24, 2.45) is 5.92 Å². The molecule has 2 atom stereocenters. The molecule has 9 heavy (non-hydrogen) atoms. The van der Waals surface area contributed by atoms with Gasteiger partial charge in [0.15, 0.2) is 0 Å². The van der Waals surface area contributed by atoms with E-state index >= 15 is 0 Å². The molecule has 0 amide bonds. The second-order valence-electron chi connectivity index (χ2n) is 2.55. The van der Waals surface area contributed by atoms with Crippen molar-refractivity contribution in [3.63, 3.8) is 0 Å². The molecule has 1 fully saturated rings. The number of halogens is 2. The highest BCUT2D eigenvalue weighted by Crippen LogP contribution is 2.30. The first kappa shape index (κ1) is 7.32. The van der Waals surface area contributed by atoms with Crippen LogP contribution in [0.1, 0.15) is 12.8 Å². The Bertz CT molecular complexity index is 87.1. The summed E-state index contributed by atoms with van der Waals surface area (Å²) in [5.74, 6) is 0.777. The quantitative estimate of drug-likeness (QED) is 0.546. The first-order chi connectivity index (χ1) is 4.24. The van der Waals surface area contributed by atoms with Crippen molar-refractivity contribution in [3.05, 3.63) is 0 Å². The summed E-state index contributed by atoms with van der Waals surface area (Å²) in [6, 6.07) is 0. The Morgan fingerprint density at radius 2 is 1.67 bits per heavy atom.